The van der Waals surface area contributed by atoms with Gasteiger partial charge >= 0.3 is 11.9 Å². The standard InChI is InChI=1S/C20H32F2O5/c1-2-3-11-19(21,22)20(26)12-10-15-14(16(23)13-17(15)27-20)8-6-4-5-7-9-18(24)25/h14-15,17,26H,2-13H2,1H3,(H,24,25)/t14-,15-,17-,20-/m0/s1. The minimum Gasteiger partial charge on any atom is -0.481 e. The van der Waals surface area contributed by atoms with Crippen molar-refractivity contribution >= 4 is 11.8 Å². The Labute approximate surface area is 159 Å². The van der Waals surface area contributed by atoms with Crippen LogP contribution in [-0.2, 0) is 14.3 Å². The molecule has 0 bridgehead atoms. The molecule has 2 aliphatic rings. The Kier molecular flexibility index (Phi) is 7.74. The zero-order valence-corrected chi connectivity index (χ0v) is 16.1. The van der Waals surface area contributed by atoms with E-state index in [1.165, 1.54) is 0 Å². The van der Waals surface area contributed by atoms with Gasteiger partial charge in [0, 0.05) is 31.6 Å². The predicted molar refractivity (Wildman–Crippen MR) is 95.5 cm³/mol. The van der Waals surface area contributed by atoms with Crippen LogP contribution in [0, 0.1) is 11.8 Å². The highest BCUT2D eigenvalue weighted by atomic mass is 19.3. The van der Waals surface area contributed by atoms with Gasteiger partial charge in [-0.3, -0.25) is 9.59 Å². The summed E-state index contributed by atoms with van der Waals surface area (Å²) >= 11 is 0. The number of aliphatic carboxylic acids is 1. The van der Waals surface area contributed by atoms with Crippen LogP contribution in [0.3, 0.4) is 0 Å². The fourth-order valence-corrected chi connectivity index (χ4v) is 4.42. The SMILES string of the molecule is CCCCC(F)(F)[C@]1(O)CC[C@@H]2[C@H](CC(=O)[C@H]2CCCCCCC(=O)O)O1. The lowest BCUT2D eigenvalue weighted by Crippen LogP contribution is -2.55. The number of carbonyl (C=O) groups excluding carboxylic acids is 1. The molecular weight excluding hydrogens is 358 g/mol. The van der Waals surface area contributed by atoms with Crippen LogP contribution in [-0.4, -0.2) is 39.8 Å². The predicted octanol–water partition coefficient (Wildman–Crippen LogP) is 4.31. The number of hydrogen-bond acceptors (Lipinski definition) is 4. The average Bonchev–Trinajstić information content (AvgIpc) is 2.90. The summed E-state index contributed by atoms with van der Waals surface area (Å²) in [5.41, 5.74) is 0. The molecule has 0 amide bonds. The van der Waals surface area contributed by atoms with Crippen molar-refractivity contribution in [2.24, 2.45) is 11.8 Å². The number of unbranched alkanes of at least 4 members (excludes halogenated alkanes) is 4. The molecule has 5 nitrogen and oxygen atoms in total. The molecule has 0 unspecified atom stereocenters. The summed E-state index contributed by atoms with van der Waals surface area (Å²) in [6, 6.07) is 0. The van der Waals surface area contributed by atoms with Crippen LogP contribution in [0.5, 0.6) is 0 Å². The Morgan fingerprint density at radius 3 is 2.63 bits per heavy atom. The van der Waals surface area contributed by atoms with Crippen molar-refractivity contribution in [3.8, 4) is 0 Å². The average molecular weight is 390 g/mol. The number of alkyl halides is 2. The number of Topliss-reactive ketones (excluding diaryl/α,β-unsaturated/α-hetero) is 1. The fraction of sp³-hybridized carbons (Fsp3) is 0.900. The van der Waals surface area contributed by atoms with E-state index in [4.69, 9.17) is 9.84 Å². The van der Waals surface area contributed by atoms with Gasteiger partial charge in [0.1, 0.15) is 5.78 Å². The maximum atomic E-state index is 14.4. The summed E-state index contributed by atoms with van der Waals surface area (Å²) in [6.45, 7) is 1.82. The number of halogens is 2. The maximum absolute atomic E-state index is 14.4. The number of carboxylic acid groups (broad SMARTS) is 1. The van der Waals surface area contributed by atoms with Crippen molar-refractivity contribution in [2.75, 3.05) is 0 Å². The Balaban J connectivity index is 1.84. The summed E-state index contributed by atoms with van der Waals surface area (Å²) < 4.78 is 34.3. The van der Waals surface area contributed by atoms with Crippen LogP contribution in [0.25, 0.3) is 0 Å². The molecule has 1 aliphatic heterocycles. The summed E-state index contributed by atoms with van der Waals surface area (Å²) in [5, 5.41) is 19.1. The van der Waals surface area contributed by atoms with E-state index in [2.05, 4.69) is 0 Å². The van der Waals surface area contributed by atoms with Gasteiger partial charge < -0.3 is 14.9 Å². The lowest BCUT2D eigenvalue weighted by atomic mass is 9.81. The van der Waals surface area contributed by atoms with E-state index in [1.54, 1.807) is 0 Å². The van der Waals surface area contributed by atoms with Crippen molar-refractivity contribution < 1.29 is 33.3 Å². The molecule has 27 heavy (non-hydrogen) atoms. The minimum atomic E-state index is -3.31. The lowest BCUT2D eigenvalue weighted by molar-refractivity contribution is -0.356. The summed E-state index contributed by atoms with van der Waals surface area (Å²) in [4.78, 5) is 22.8. The van der Waals surface area contributed by atoms with Crippen LogP contribution >= 0.6 is 0 Å². The molecule has 0 aromatic carbocycles. The zero-order valence-electron chi connectivity index (χ0n) is 16.1. The molecule has 1 saturated carbocycles. The molecule has 0 spiro atoms. The summed E-state index contributed by atoms with van der Waals surface area (Å²) in [6.07, 6.45) is 4.17. The van der Waals surface area contributed by atoms with E-state index >= 15 is 0 Å². The van der Waals surface area contributed by atoms with Gasteiger partial charge in [0.2, 0.25) is 5.79 Å². The zero-order chi connectivity index (χ0) is 20.1. The highest BCUT2D eigenvalue weighted by molar-refractivity contribution is 5.84. The van der Waals surface area contributed by atoms with Crippen molar-refractivity contribution in [1.82, 2.24) is 0 Å². The lowest BCUT2D eigenvalue weighted by Gasteiger charge is -2.43. The number of ketones is 1. The molecule has 2 fully saturated rings. The molecular formula is C20H32F2O5. The van der Waals surface area contributed by atoms with Gasteiger partial charge in [0.25, 0.3) is 0 Å². The van der Waals surface area contributed by atoms with E-state index in [9.17, 15) is 23.5 Å². The highest BCUT2D eigenvalue weighted by Gasteiger charge is 2.59. The molecule has 0 radical (unpaired) electrons. The molecule has 1 saturated heterocycles. The molecule has 1 aliphatic carbocycles. The number of ether oxygens (including phenoxy) is 1. The topological polar surface area (TPSA) is 83.8 Å². The van der Waals surface area contributed by atoms with Gasteiger partial charge in [0.05, 0.1) is 6.10 Å². The second-order valence-electron chi connectivity index (χ2n) is 8.07. The quantitative estimate of drug-likeness (QED) is 0.514. The number of fused-ring (bicyclic) bond motifs is 1. The first-order valence-electron chi connectivity index (χ1n) is 10.2. The van der Waals surface area contributed by atoms with E-state index in [-0.39, 0.29) is 36.9 Å². The number of hydrogen-bond donors (Lipinski definition) is 2. The fourth-order valence-electron chi connectivity index (χ4n) is 4.42. The Morgan fingerprint density at radius 2 is 1.96 bits per heavy atom. The molecule has 0 aromatic heterocycles. The van der Waals surface area contributed by atoms with E-state index in [0.29, 0.717) is 32.1 Å². The van der Waals surface area contributed by atoms with E-state index in [1.807, 2.05) is 6.92 Å². The molecule has 1 heterocycles. The smallest absolute Gasteiger partial charge is 0.303 e. The van der Waals surface area contributed by atoms with Gasteiger partial charge in [-0.15, -0.1) is 0 Å². The van der Waals surface area contributed by atoms with Crippen molar-refractivity contribution in [2.45, 2.75) is 102 Å². The van der Waals surface area contributed by atoms with Crippen LogP contribution < -0.4 is 0 Å². The van der Waals surface area contributed by atoms with Gasteiger partial charge in [-0.2, -0.15) is 0 Å². The first kappa shape index (κ1) is 22.2. The molecule has 7 heteroatoms. The van der Waals surface area contributed by atoms with Gasteiger partial charge in [-0.05, 0) is 31.6 Å². The van der Waals surface area contributed by atoms with Crippen LogP contribution in [0.2, 0.25) is 0 Å². The normalized spacial score (nSPS) is 31.1. The van der Waals surface area contributed by atoms with Gasteiger partial charge in [-0.25, -0.2) is 8.78 Å². The van der Waals surface area contributed by atoms with Gasteiger partial charge in [0.15, 0.2) is 0 Å². The van der Waals surface area contributed by atoms with Crippen LogP contribution in [0.4, 0.5) is 8.78 Å². The Morgan fingerprint density at radius 1 is 1.26 bits per heavy atom. The second kappa shape index (κ2) is 9.41. The van der Waals surface area contributed by atoms with Crippen molar-refractivity contribution in [1.29, 1.82) is 0 Å². The first-order valence-corrected chi connectivity index (χ1v) is 10.2. The molecule has 2 rings (SSSR count). The molecule has 4 atom stereocenters. The monoisotopic (exact) mass is 390 g/mol. The number of aliphatic hydroxyl groups is 1. The number of carboxylic acids is 1. The maximum Gasteiger partial charge on any atom is 0.303 e. The third-order valence-corrected chi connectivity index (χ3v) is 6.04. The highest BCUT2D eigenvalue weighted by Crippen LogP contribution is 2.49. The Bertz CT molecular complexity index is 525. The molecule has 0 aromatic rings. The number of carbonyl (C=O) groups is 2. The van der Waals surface area contributed by atoms with Gasteiger partial charge in [-0.1, -0.05) is 32.6 Å². The third-order valence-electron chi connectivity index (χ3n) is 6.04. The van der Waals surface area contributed by atoms with Crippen LogP contribution in [0.15, 0.2) is 0 Å². The van der Waals surface area contributed by atoms with E-state index in [0.717, 1.165) is 19.3 Å². The van der Waals surface area contributed by atoms with Crippen molar-refractivity contribution in [3.63, 3.8) is 0 Å². The van der Waals surface area contributed by atoms with Crippen LogP contribution in [0.1, 0.15) is 84.0 Å². The number of rotatable bonds is 11. The second-order valence-corrected chi connectivity index (χ2v) is 8.07. The summed E-state index contributed by atoms with van der Waals surface area (Å²) in [5.74, 6) is -6.82. The molecule has 156 valence electrons. The Hall–Kier alpha value is -1.08. The third kappa shape index (κ3) is 5.47. The van der Waals surface area contributed by atoms with E-state index < -0.39 is 30.2 Å². The minimum absolute atomic E-state index is 0.0386. The van der Waals surface area contributed by atoms with Crippen molar-refractivity contribution in [3.05, 3.63) is 0 Å². The molecule has 2 N–H and O–H groups in total. The first-order chi connectivity index (χ1) is 12.7. The largest absolute Gasteiger partial charge is 0.481 e. The summed E-state index contributed by atoms with van der Waals surface area (Å²) in [7, 11) is 0.